The number of benzene rings is 3. The number of nitrogens with zero attached hydrogens (tertiary/aromatic N) is 1. The Morgan fingerprint density at radius 2 is 1.72 bits per heavy atom. The number of hydrogen-bond acceptors (Lipinski definition) is 2. The fourth-order valence-corrected chi connectivity index (χ4v) is 3.72. The van der Waals surface area contributed by atoms with E-state index >= 15 is 0 Å². The molecule has 0 aliphatic carbocycles. The van der Waals surface area contributed by atoms with Gasteiger partial charge in [-0.1, -0.05) is 48.0 Å². The zero-order valence-corrected chi connectivity index (χ0v) is 16.7. The maximum Gasteiger partial charge on any atom is 0.258 e. The maximum atomic E-state index is 13.0. The monoisotopic (exact) mass is 404 g/mol. The van der Waals surface area contributed by atoms with Crippen molar-refractivity contribution >= 4 is 34.8 Å². The van der Waals surface area contributed by atoms with E-state index < -0.39 is 0 Å². The molecule has 4 nitrogen and oxygen atoms in total. The second-order valence-corrected chi connectivity index (χ2v) is 7.56. The van der Waals surface area contributed by atoms with Crippen LogP contribution in [0.4, 0.5) is 11.4 Å². The van der Waals surface area contributed by atoms with Gasteiger partial charge in [0.05, 0.1) is 6.42 Å². The van der Waals surface area contributed by atoms with Crippen molar-refractivity contribution in [2.24, 2.45) is 0 Å². The number of halogens is 1. The fraction of sp³-hybridized carbons (Fsp3) is 0.167. The Labute approximate surface area is 175 Å². The third-order valence-corrected chi connectivity index (χ3v) is 5.28. The molecule has 0 atom stereocenters. The lowest BCUT2D eigenvalue weighted by atomic mass is 10.00. The van der Waals surface area contributed by atoms with Crippen LogP contribution in [0, 0.1) is 0 Å². The van der Waals surface area contributed by atoms with Gasteiger partial charge in [-0.3, -0.25) is 9.59 Å². The standard InChI is InChI=1S/C24H21ClN2O2/c25-20-11-8-17(9-12-20)15-23(28)26-21-13-10-18-7-4-14-27(22(18)16-21)24(29)19-5-2-1-3-6-19/h1-3,5-6,8-13,16H,4,7,14-15H2,(H,26,28). The van der Waals surface area contributed by atoms with Crippen LogP contribution in [0.1, 0.15) is 27.9 Å². The van der Waals surface area contributed by atoms with Crippen LogP contribution in [0.15, 0.2) is 72.8 Å². The van der Waals surface area contributed by atoms with Gasteiger partial charge in [-0.05, 0) is 60.4 Å². The molecule has 4 rings (SSSR count). The van der Waals surface area contributed by atoms with Crippen molar-refractivity contribution in [1.82, 2.24) is 0 Å². The highest BCUT2D eigenvalue weighted by atomic mass is 35.5. The number of carbonyl (C=O) groups excluding carboxylic acids is 2. The van der Waals surface area contributed by atoms with Crippen molar-refractivity contribution < 1.29 is 9.59 Å². The molecule has 0 radical (unpaired) electrons. The Bertz CT molecular complexity index is 1030. The molecule has 0 saturated carbocycles. The highest BCUT2D eigenvalue weighted by Gasteiger charge is 2.24. The Balaban J connectivity index is 1.52. The van der Waals surface area contributed by atoms with E-state index in [0.717, 1.165) is 29.7 Å². The molecule has 0 saturated heterocycles. The van der Waals surface area contributed by atoms with Crippen LogP contribution in [-0.4, -0.2) is 18.4 Å². The number of fused-ring (bicyclic) bond motifs is 1. The van der Waals surface area contributed by atoms with Crippen molar-refractivity contribution in [3.63, 3.8) is 0 Å². The molecular formula is C24H21ClN2O2. The van der Waals surface area contributed by atoms with Crippen LogP contribution in [-0.2, 0) is 17.6 Å². The average Bonchev–Trinajstić information content (AvgIpc) is 2.75. The van der Waals surface area contributed by atoms with Gasteiger partial charge in [0.1, 0.15) is 0 Å². The molecule has 1 heterocycles. The van der Waals surface area contributed by atoms with Gasteiger partial charge >= 0.3 is 0 Å². The Morgan fingerprint density at radius 3 is 2.48 bits per heavy atom. The fourth-order valence-electron chi connectivity index (χ4n) is 3.59. The van der Waals surface area contributed by atoms with Gasteiger partial charge < -0.3 is 10.2 Å². The molecule has 0 spiro atoms. The molecular weight excluding hydrogens is 384 g/mol. The van der Waals surface area contributed by atoms with E-state index in [9.17, 15) is 9.59 Å². The normalized spacial score (nSPS) is 12.9. The molecule has 3 aromatic carbocycles. The number of rotatable bonds is 4. The van der Waals surface area contributed by atoms with Crippen molar-refractivity contribution in [1.29, 1.82) is 0 Å². The van der Waals surface area contributed by atoms with Crippen LogP contribution >= 0.6 is 11.6 Å². The molecule has 0 unspecified atom stereocenters. The highest BCUT2D eigenvalue weighted by molar-refractivity contribution is 6.30. The van der Waals surface area contributed by atoms with E-state index in [1.165, 1.54) is 0 Å². The Kier molecular flexibility index (Phi) is 5.63. The van der Waals surface area contributed by atoms with E-state index in [1.807, 2.05) is 65.6 Å². The maximum absolute atomic E-state index is 13.0. The number of nitrogens with one attached hydrogen (secondary N) is 1. The van der Waals surface area contributed by atoms with Gasteiger partial charge in [-0.15, -0.1) is 0 Å². The summed E-state index contributed by atoms with van der Waals surface area (Å²) in [5.74, 6) is -0.125. The largest absolute Gasteiger partial charge is 0.326 e. The smallest absolute Gasteiger partial charge is 0.258 e. The lowest BCUT2D eigenvalue weighted by Gasteiger charge is -2.30. The number of anilines is 2. The SMILES string of the molecule is O=C(Cc1ccc(Cl)cc1)Nc1ccc2c(c1)N(C(=O)c1ccccc1)CCC2. The van der Waals surface area contributed by atoms with Crippen molar-refractivity contribution in [3.8, 4) is 0 Å². The summed E-state index contributed by atoms with van der Waals surface area (Å²) >= 11 is 5.90. The predicted molar refractivity (Wildman–Crippen MR) is 117 cm³/mol. The minimum Gasteiger partial charge on any atom is -0.326 e. The summed E-state index contributed by atoms with van der Waals surface area (Å²) in [7, 11) is 0. The first-order valence-corrected chi connectivity index (χ1v) is 10.0. The zero-order valence-electron chi connectivity index (χ0n) is 15.9. The van der Waals surface area contributed by atoms with Gasteiger partial charge in [0.15, 0.2) is 0 Å². The van der Waals surface area contributed by atoms with E-state index in [4.69, 9.17) is 11.6 Å². The van der Waals surface area contributed by atoms with Crippen LogP contribution in [0.3, 0.4) is 0 Å². The van der Waals surface area contributed by atoms with Crippen LogP contribution in [0.5, 0.6) is 0 Å². The molecule has 0 bridgehead atoms. The summed E-state index contributed by atoms with van der Waals surface area (Å²) in [6.45, 7) is 0.670. The summed E-state index contributed by atoms with van der Waals surface area (Å²) in [5.41, 5.74) is 4.24. The molecule has 1 N–H and O–H groups in total. The van der Waals surface area contributed by atoms with Gasteiger partial charge in [-0.2, -0.15) is 0 Å². The molecule has 5 heteroatoms. The van der Waals surface area contributed by atoms with Gasteiger partial charge in [0.2, 0.25) is 5.91 Å². The summed E-state index contributed by atoms with van der Waals surface area (Å²) in [6, 6.07) is 22.3. The third-order valence-electron chi connectivity index (χ3n) is 5.03. The van der Waals surface area contributed by atoms with Crippen LogP contribution < -0.4 is 10.2 Å². The van der Waals surface area contributed by atoms with Gasteiger partial charge in [0.25, 0.3) is 5.91 Å². The first-order valence-electron chi connectivity index (χ1n) is 9.64. The summed E-state index contributed by atoms with van der Waals surface area (Å²) in [5, 5.41) is 3.59. The number of carbonyl (C=O) groups is 2. The van der Waals surface area contributed by atoms with E-state index in [0.29, 0.717) is 22.8 Å². The van der Waals surface area contributed by atoms with Crippen LogP contribution in [0.25, 0.3) is 0 Å². The number of amides is 2. The van der Waals surface area contributed by atoms with Crippen LogP contribution in [0.2, 0.25) is 5.02 Å². The number of hydrogen-bond donors (Lipinski definition) is 1. The van der Waals surface area contributed by atoms with Gasteiger partial charge in [0, 0.05) is 28.5 Å². The zero-order chi connectivity index (χ0) is 20.2. The summed E-state index contributed by atoms with van der Waals surface area (Å²) in [4.78, 5) is 27.2. The average molecular weight is 405 g/mol. The molecule has 3 aromatic rings. The second-order valence-electron chi connectivity index (χ2n) is 7.12. The molecule has 0 fully saturated rings. The van der Waals surface area contributed by atoms with Gasteiger partial charge in [-0.25, -0.2) is 0 Å². The lowest BCUT2D eigenvalue weighted by Crippen LogP contribution is -2.35. The molecule has 1 aliphatic heterocycles. The van der Waals surface area contributed by atoms with Crippen molar-refractivity contribution in [3.05, 3.63) is 94.5 Å². The summed E-state index contributed by atoms with van der Waals surface area (Å²) in [6.07, 6.45) is 2.11. The molecule has 146 valence electrons. The summed E-state index contributed by atoms with van der Waals surface area (Å²) < 4.78 is 0. The van der Waals surface area contributed by atoms with Crippen molar-refractivity contribution in [2.75, 3.05) is 16.8 Å². The molecule has 2 amide bonds. The Hall–Kier alpha value is -3.11. The molecule has 29 heavy (non-hydrogen) atoms. The topological polar surface area (TPSA) is 49.4 Å². The van der Waals surface area contributed by atoms with Crippen molar-refractivity contribution in [2.45, 2.75) is 19.3 Å². The first kappa shape index (κ1) is 19.2. The van der Waals surface area contributed by atoms with E-state index in [1.54, 1.807) is 12.1 Å². The molecule has 0 aromatic heterocycles. The predicted octanol–water partition coefficient (Wildman–Crippen LogP) is 5.11. The molecule has 1 aliphatic rings. The highest BCUT2D eigenvalue weighted by Crippen LogP contribution is 2.31. The van der Waals surface area contributed by atoms with E-state index in [2.05, 4.69) is 5.32 Å². The quantitative estimate of drug-likeness (QED) is 0.656. The number of aryl methyl sites for hydroxylation is 1. The minimum atomic E-state index is -0.107. The lowest BCUT2D eigenvalue weighted by molar-refractivity contribution is -0.115. The first-order chi connectivity index (χ1) is 14.1. The van der Waals surface area contributed by atoms with E-state index in [-0.39, 0.29) is 18.2 Å². The minimum absolute atomic E-state index is 0.0174. The third kappa shape index (κ3) is 4.49. The Morgan fingerprint density at radius 1 is 0.966 bits per heavy atom. The second kappa shape index (κ2) is 8.50.